The van der Waals surface area contributed by atoms with Crippen LogP contribution in [-0.4, -0.2) is 61.5 Å². The molecule has 0 unspecified atom stereocenters. The van der Waals surface area contributed by atoms with E-state index in [-0.39, 0.29) is 6.54 Å². The van der Waals surface area contributed by atoms with E-state index in [2.05, 4.69) is 0 Å². The predicted molar refractivity (Wildman–Crippen MR) is 59.5 cm³/mol. The largest absolute Gasteiger partial charge is 0.480 e. The maximum Gasteiger partial charge on any atom is 0.317 e. The first kappa shape index (κ1) is 13.4. The molecule has 0 saturated heterocycles. The predicted octanol–water partition coefficient (Wildman–Crippen LogP) is 0.587. The molecule has 1 aliphatic carbocycles. The highest BCUT2D eigenvalue weighted by Crippen LogP contribution is 2.28. The average Bonchev–Trinajstić information content (AvgIpc) is 2.17. The van der Waals surface area contributed by atoms with Gasteiger partial charge in [-0.25, -0.2) is 0 Å². The molecule has 5 heteroatoms. The summed E-state index contributed by atoms with van der Waals surface area (Å²) in [5.74, 6) is -0.782. The zero-order valence-electron chi connectivity index (χ0n) is 10.0. The van der Waals surface area contributed by atoms with E-state index < -0.39 is 5.97 Å². The van der Waals surface area contributed by atoms with Crippen molar-refractivity contribution in [1.82, 2.24) is 4.90 Å². The minimum atomic E-state index is -0.782. The number of rotatable bonds is 8. The van der Waals surface area contributed by atoms with Crippen LogP contribution in [0, 0.1) is 0 Å². The summed E-state index contributed by atoms with van der Waals surface area (Å²) in [6, 6.07) is 0.336. The maximum absolute atomic E-state index is 10.7. The Hall–Kier alpha value is -0.650. The fourth-order valence-electron chi connectivity index (χ4n) is 1.98. The molecule has 0 aromatic carbocycles. The van der Waals surface area contributed by atoms with Gasteiger partial charge in [-0.3, -0.25) is 9.69 Å². The van der Waals surface area contributed by atoms with E-state index in [9.17, 15) is 4.79 Å². The van der Waals surface area contributed by atoms with Gasteiger partial charge in [-0.05, 0) is 19.8 Å². The van der Waals surface area contributed by atoms with Crippen molar-refractivity contribution in [1.29, 1.82) is 0 Å². The molecule has 0 atom stereocenters. The van der Waals surface area contributed by atoms with Crippen LogP contribution in [0.5, 0.6) is 0 Å². The van der Waals surface area contributed by atoms with Crippen LogP contribution in [0.1, 0.15) is 19.8 Å². The fraction of sp³-hybridized carbons (Fsp3) is 0.909. The highest BCUT2D eigenvalue weighted by atomic mass is 16.5. The summed E-state index contributed by atoms with van der Waals surface area (Å²) in [6.45, 7) is 4.05. The van der Waals surface area contributed by atoms with Crippen molar-refractivity contribution in [3.8, 4) is 0 Å². The lowest BCUT2D eigenvalue weighted by atomic mass is 9.87. The summed E-state index contributed by atoms with van der Waals surface area (Å²) >= 11 is 0. The lowest BCUT2D eigenvalue weighted by molar-refractivity contribution is -0.141. The van der Waals surface area contributed by atoms with E-state index in [1.54, 1.807) is 7.11 Å². The molecule has 1 N–H and O–H groups in total. The van der Waals surface area contributed by atoms with Gasteiger partial charge in [-0.15, -0.1) is 0 Å². The third kappa shape index (κ3) is 4.08. The number of carboxylic acid groups (broad SMARTS) is 1. The summed E-state index contributed by atoms with van der Waals surface area (Å²) in [4.78, 5) is 12.7. The van der Waals surface area contributed by atoms with Gasteiger partial charge in [0, 0.05) is 26.3 Å². The Morgan fingerprint density at radius 2 is 2.19 bits per heavy atom. The fourth-order valence-corrected chi connectivity index (χ4v) is 1.98. The topological polar surface area (TPSA) is 59.0 Å². The molecule has 0 radical (unpaired) electrons. The molecule has 0 aromatic heterocycles. The number of methoxy groups -OCH3 is 1. The van der Waals surface area contributed by atoms with Crippen molar-refractivity contribution < 1.29 is 19.4 Å². The molecule has 1 fully saturated rings. The molecule has 1 aliphatic rings. The molecule has 0 aromatic rings. The second-order valence-electron chi connectivity index (χ2n) is 4.06. The Morgan fingerprint density at radius 3 is 2.69 bits per heavy atom. The molecule has 0 heterocycles. The summed E-state index contributed by atoms with van der Waals surface area (Å²) in [6.07, 6.45) is 2.18. The maximum atomic E-state index is 10.7. The first-order valence-corrected chi connectivity index (χ1v) is 5.73. The Labute approximate surface area is 96.3 Å². The lowest BCUT2D eigenvalue weighted by Gasteiger charge is -2.41. The Bertz CT molecular complexity index is 216. The second-order valence-corrected chi connectivity index (χ2v) is 4.06. The quantitative estimate of drug-likeness (QED) is 0.662. The Balaban J connectivity index is 2.30. The second kappa shape index (κ2) is 6.83. The summed E-state index contributed by atoms with van der Waals surface area (Å²) in [5, 5.41) is 8.81. The van der Waals surface area contributed by atoms with Crippen LogP contribution in [0.4, 0.5) is 0 Å². The van der Waals surface area contributed by atoms with Crippen molar-refractivity contribution in [3.63, 3.8) is 0 Å². The third-order valence-electron chi connectivity index (χ3n) is 2.91. The van der Waals surface area contributed by atoms with Crippen LogP contribution in [0.15, 0.2) is 0 Å². The van der Waals surface area contributed by atoms with Gasteiger partial charge in [0.25, 0.3) is 0 Å². The van der Waals surface area contributed by atoms with Gasteiger partial charge in [-0.2, -0.15) is 0 Å². The minimum absolute atomic E-state index is 0.0902. The molecule has 0 aliphatic heterocycles. The average molecular weight is 231 g/mol. The van der Waals surface area contributed by atoms with Crippen molar-refractivity contribution in [3.05, 3.63) is 0 Å². The van der Waals surface area contributed by atoms with Crippen LogP contribution in [0.25, 0.3) is 0 Å². The highest BCUT2D eigenvalue weighted by molar-refractivity contribution is 5.69. The van der Waals surface area contributed by atoms with Gasteiger partial charge in [0.15, 0.2) is 0 Å². The number of nitrogens with zero attached hydrogens (tertiary/aromatic N) is 1. The van der Waals surface area contributed by atoms with Gasteiger partial charge in [0.2, 0.25) is 0 Å². The molecule has 16 heavy (non-hydrogen) atoms. The van der Waals surface area contributed by atoms with Gasteiger partial charge in [-0.1, -0.05) is 0 Å². The number of aliphatic carboxylic acids is 1. The lowest BCUT2D eigenvalue weighted by Crippen LogP contribution is -2.50. The van der Waals surface area contributed by atoms with Gasteiger partial charge >= 0.3 is 5.97 Å². The normalized spacial score (nSPS) is 24.4. The molecule has 5 nitrogen and oxygen atoms in total. The summed E-state index contributed by atoms with van der Waals surface area (Å²) in [5.41, 5.74) is 0. The van der Waals surface area contributed by atoms with E-state index in [0.29, 0.717) is 25.3 Å². The number of carboxylic acids is 1. The third-order valence-corrected chi connectivity index (χ3v) is 2.91. The molecule has 0 amide bonds. The smallest absolute Gasteiger partial charge is 0.317 e. The number of hydrogen-bond acceptors (Lipinski definition) is 4. The number of carbonyl (C=O) groups is 1. The van der Waals surface area contributed by atoms with Gasteiger partial charge in [0.1, 0.15) is 0 Å². The zero-order chi connectivity index (χ0) is 12.0. The summed E-state index contributed by atoms with van der Waals surface area (Å²) in [7, 11) is 1.63. The highest BCUT2D eigenvalue weighted by Gasteiger charge is 2.34. The molecule has 0 spiro atoms. The standard InChI is InChI=1S/C11H21NO4/c1-3-16-10-6-9(7-10)12(4-5-15-2)8-11(13)14/h9-10H,3-8H2,1-2H3,(H,13,14). The first-order valence-electron chi connectivity index (χ1n) is 5.73. The van der Waals surface area contributed by atoms with Crippen LogP contribution in [0.3, 0.4) is 0 Å². The summed E-state index contributed by atoms with van der Waals surface area (Å²) < 4.78 is 10.4. The molecule has 1 saturated carbocycles. The van der Waals surface area contributed by atoms with Gasteiger partial charge in [0.05, 0.1) is 19.3 Å². The molecule has 0 bridgehead atoms. The van der Waals surface area contributed by atoms with Crippen LogP contribution in [0.2, 0.25) is 0 Å². The molecule has 1 rings (SSSR count). The van der Waals surface area contributed by atoms with E-state index in [0.717, 1.165) is 19.4 Å². The van der Waals surface area contributed by atoms with Crippen molar-refractivity contribution in [2.45, 2.75) is 31.9 Å². The molecular weight excluding hydrogens is 210 g/mol. The number of hydrogen-bond donors (Lipinski definition) is 1. The minimum Gasteiger partial charge on any atom is -0.480 e. The van der Waals surface area contributed by atoms with Crippen LogP contribution >= 0.6 is 0 Å². The molecular formula is C11H21NO4. The van der Waals surface area contributed by atoms with Crippen LogP contribution in [-0.2, 0) is 14.3 Å². The Morgan fingerprint density at radius 1 is 1.50 bits per heavy atom. The number of ether oxygens (including phenoxy) is 2. The monoisotopic (exact) mass is 231 g/mol. The Kier molecular flexibility index (Phi) is 5.73. The van der Waals surface area contributed by atoms with E-state index in [4.69, 9.17) is 14.6 Å². The van der Waals surface area contributed by atoms with Crippen molar-refractivity contribution in [2.75, 3.05) is 33.4 Å². The van der Waals surface area contributed by atoms with E-state index in [1.165, 1.54) is 0 Å². The molecule has 94 valence electrons. The van der Waals surface area contributed by atoms with Crippen molar-refractivity contribution >= 4 is 5.97 Å². The van der Waals surface area contributed by atoms with Crippen LogP contribution < -0.4 is 0 Å². The first-order chi connectivity index (χ1) is 7.67. The van der Waals surface area contributed by atoms with E-state index in [1.807, 2.05) is 11.8 Å². The van der Waals surface area contributed by atoms with Gasteiger partial charge < -0.3 is 14.6 Å². The van der Waals surface area contributed by atoms with E-state index >= 15 is 0 Å². The zero-order valence-corrected chi connectivity index (χ0v) is 10.0. The van der Waals surface area contributed by atoms with Crippen molar-refractivity contribution in [2.24, 2.45) is 0 Å². The SMILES string of the molecule is CCOC1CC(N(CCOC)CC(=O)O)C1.